The summed E-state index contributed by atoms with van der Waals surface area (Å²) in [5.41, 5.74) is 5.51. The maximum Gasteiger partial charge on any atom is 0.0594 e. The number of hydrogen-bond acceptors (Lipinski definition) is 1. The van der Waals surface area contributed by atoms with Gasteiger partial charge in [-0.15, -0.1) is 5.73 Å². The topological polar surface area (TPSA) is 20.2 Å². The van der Waals surface area contributed by atoms with Gasteiger partial charge in [0.2, 0.25) is 0 Å². The van der Waals surface area contributed by atoms with Gasteiger partial charge >= 0.3 is 0 Å². The summed E-state index contributed by atoms with van der Waals surface area (Å²) < 4.78 is 0. The van der Waals surface area contributed by atoms with Crippen LogP contribution in [0.3, 0.4) is 0 Å². The van der Waals surface area contributed by atoms with Crippen molar-refractivity contribution >= 4 is 0 Å². The van der Waals surface area contributed by atoms with Crippen molar-refractivity contribution in [2.75, 3.05) is 0 Å². The van der Waals surface area contributed by atoms with Crippen molar-refractivity contribution in [3.63, 3.8) is 0 Å². The highest BCUT2D eigenvalue weighted by molar-refractivity contribution is 5.25. The molecule has 0 aliphatic heterocycles. The van der Waals surface area contributed by atoms with Crippen LogP contribution in [0.15, 0.2) is 17.9 Å². The molecule has 3 aliphatic carbocycles. The average Bonchev–Trinajstić information content (AvgIpc) is 2.72. The van der Waals surface area contributed by atoms with Crippen LogP contribution in [-0.4, -0.2) is 11.2 Å². The van der Waals surface area contributed by atoms with Crippen LogP contribution in [0.4, 0.5) is 0 Å². The molecule has 1 unspecified atom stereocenters. The molecule has 0 aromatic carbocycles. The lowest BCUT2D eigenvalue weighted by atomic mass is 9.43. The summed E-state index contributed by atoms with van der Waals surface area (Å²) in [4.78, 5) is 0. The van der Waals surface area contributed by atoms with E-state index < -0.39 is 0 Å². The van der Waals surface area contributed by atoms with Gasteiger partial charge in [-0.1, -0.05) is 34.3 Å². The molecule has 0 spiro atoms. The van der Waals surface area contributed by atoms with E-state index in [1.54, 1.807) is 0 Å². The quantitative estimate of drug-likeness (QED) is 0.634. The van der Waals surface area contributed by atoms with Crippen molar-refractivity contribution in [1.29, 1.82) is 0 Å². The summed E-state index contributed by atoms with van der Waals surface area (Å²) in [6.45, 7) is 13.5. The van der Waals surface area contributed by atoms with Gasteiger partial charge in [-0.25, -0.2) is 0 Å². The molecule has 0 aromatic heterocycles. The zero-order chi connectivity index (χ0) is 14.8. The zero-order valence-electron chi connectivity index (χ0n) is 13.6. The van der Waals surface area contributed by atoms with Gasteiger partial charge in [-0.05, 0) is 72.2 Å². The fourth-order valence-electron chi connectivity index (χ4n) is 6.42. The third-order valence-corrected chi connectivity index (χ3v) is 7.61. The zero-order valence-corrected chi connectivity index (χ0v) is 13.6. The molecule has 0 bridgehead atoms. The Kier molecular flexibility index (Phi) is 3.06. The van der Waals surface area contributed by atoms with Crippen LogP contribution in [0.5, 0.6) is 0 Å². The summed E-state index contributed by atoms with van der Waals surface area (Å²) in [5.74, 6) is 1.41. The van der Waals surface area contributed by atoms with E-state index in [4.69, 9.17) is 0 Å². The molecular weight excluding hydrogens is 244 g/mol. The minimum absolute atomic E-state index is 0.0645. The van der Waals surface area contributed by atoms with E-state index in [9.17, 15) is 5.11 Å². The third kappa shape index (κ3) is 1.60. The summed E-state index contributed by atoms with van der Waals surface area (Å²) in [5, 5.41) is 10.5. The Morgan fingerprint density at radius 1 is 1.05 bits per heavy atom. The fraction of sp³-hybridized carbons (Fsp3) is 0.842. The SMILES string of the molecule is C=C=C1CC[C@@H]2[C@@]3(C)CC[C@H](O)C(C)(C)C3CC[C@]12C. The smallest absolute Gasteiger partial charge is 0.0594 e. The van der Waals surface area contributed by atoms with Crippen molar-refractivity contribution in [3.8, 4) is 0 Å². The van der Waals surface area contributed by atoms with E-state index in [2.05, 4.69) is 40.0 Å². The second-order valence-electron chi connectivity index (χ2n) is 8.64. The third-order valence-electron chi connectivity index (χ3n) is 7.61. The van der Waals surface area contributed by atoms with E-state index in [1.165, 1.54) is 37.7 Å². The van der Waals surface area contributed by atoms with Crippen molar-refractivity contribution in [2.24, 2.45) is 28.1 Å². The predicted molar refractivity (Wildman–Crippen MR) is 83.3 cm³/mol. The lowest BCUT2D eigenvalue weighted by Crippen LogP contribution is -2.57. The van der Waals surface area contributed by atoms with Crippen LogP contribution in [-0.2, 0) is 0 Å². The van der Waals surface area contributed by atoms with E-state index in [-0.39, 0.29) is 11.5 Å². The molecule has 3 fully saturated rings. The van der Waals surface area contributed by atoms with E-state index in [0.29, 0.717) is 16.7 Å². The monoisotopic (exact) mass is 274 g/mol. The Balaban J connectivity index is 2.03. The minimum Gasteiger partial charge on any atom is -0.393 e. The molecular formula is C19H30O. The van der Waals surface area contributed by atoms with Crippen LogP contribution >= 0.6 is 0 Å². The van der Waals surface area contributed by atoms with Gasteiger partial charge in [0.05, 0.1) is 6.10 Å². The summed E-state index contributed by atoms with van der Waals surface area (Å²) in [6.07, 6.45) is 7.03. The molecule has 3 saturated carbocycles. The Morgan fingerprint density at radius 3 is 2.40 bits per heavy atom. The maximum absolute atomic E-state index is 10.5. The van der Waals surface area contributed by atoms with Crippen LogP contribution < -0.4 is 0 Å². The first kappa shape index (κ1) is 14.4. The van der Waals surface area contributed by atoms with E-state index in [0.717, 1.165) is 12.3 Å². The lowest BCUT2D eigenvalue weighted by Gasteiger charge is -2.62. The minimum atomic E-state index is -0.124. The number of fused-ring (bicyclic) bond motifs is 3. The molecule has 0 heterocycles. The van der Waals surface area contributed by atoms with Crippen molar-refractivity contribution < 1.29 is 5.11 Å². The second kappa shape index (κ2) is 4.24. The van der Waals surface area contributed by atoms with Gasteiger partial charge < -0.3 is 5.11 Å². The van der Waals surface area contributed by atoms with E-state index in [1.807, 2.05) is 0 Å². The second-order valence-corrected chi connectivity index (χ2v) is 8.64. The van der Waals surface area contributed by atoms with Crippen LogP contribution in [0.25, 0.3) is 0 Å². The molecule has 0 radical (unpaired) electrons. The number of rotatable bonds is 0. The fourth-order valence-corrected chi connectivity index (χ4v) is 6.42. The molecule has 1 heteroatoms. The normalized spacial score (nSPS) is 50.2. The molecule has 3 rings (SSSR count). The van der Waals surface area contributed by atoms with Crippen LogP contribution in [0.2, 0.25) is 0 Å². The molecule has 3 aliphatic rings. The molecule has 5 atom stereocenters. The van der Waals surface area contributed by atoms with Gasteiger partial charge in [-0.3, -0.25) is 0 Å². The Morgan fingerprint density at radius 2 is 1.75 bits per heavy atom. The van der Waals surface area contributed by atoms with Crippen LogP contribution in [0.1, 0.15) is 66.2 Å². The largest absolute Gasteiger partial charge is 0.393 e. The first-order valence-corrected chi connectivity index (χ1v) is 8.34. The Hall–Kier alpha value is -0.520. The van der Waals surface area contributed by atoms with Crippen LogP contribution in [0, 0.1) is 28.1 Å². The highest BCUT2D eigenvalue weighted by Crippen LogP contribution is 2.69. The lowest BCUT2D eigenvalue weighted by molar-refractivity contribution is -0.157. The average molecular weight is 274 g/mol. The number of allylic oxidation sites excluding steroid dienone is 1. The Bertz CT molecular complexity index is 470. The predicted octanol–water partition coefficient (Wildman–Crippen LogP) is 4.71. The molecule has 20 heavy (non-hydrogen) atoms. The molecule has 0 amide bonds. The molecule has 1 N–H and O–H groups in total. The highest BCUT2D eigenvalue weighted by Gasteiger charge is 2.62. The van der Waals surface area contributed by atoms with Gasteiger partial charge in [-0.2, -0.15) is 0 Å². The van der Waals surface area contributed by atoms with Crippen molar-refractivity contribution in [1.82, 2.24) is 0 Å². The van der Waals surface area contributed by atoms with Gasteiger partial charge in [0.15, 0.2) is 0 Å². The summed E-state index contributed by atoms with van der Waals surface area (Å²) in [7, 11) is 0. The maximum atomic E-state index is 10.5. The molecule has 0 aromatic rings. The Labute approximate surface area is 124 Å². The van der Waals surface area contributed by atoms with Gasteiger partial charge in [0.1, 0.15) is 0 Å². The number of aliphatic hydroxyl groups is 1. The van der Waals surface area contributed by atoms with Gasteiger partial charge in [0, 0.05) is 0 Å². The summed E-state index contributed by atoms with van der Waals surface area (Å²) >= 11 is 0. The number of hydrogen-bond donors (Lipinski definition) is 1. The first-order chi connectivity index (χ1) is 9.26. The van der Waals surface area contributed by atoms with Crippen molar-refractivity contribution in [3.05, 3.63) is 17.9 Å². The van der Waals surface area contributed by atoms with E-state index >= 15 is 0 Å². The molecule has 0 saturated heterocycles. The number of aliphatic hydroxyl groups excluding tert-OH is 1. The molecule has 1 nitrogen and oxygen atoms in total. The van der Waals surface area contributed by atoms with Crippen molar-refractivity contribution in [2.45, 2.75) is 72.3 Å². The summed E-state index contributed by atoms with van der Waals surface area (Å²) in [6, 6.07) is 0. The highest BCUT2D eigenvalue weighted by atomic mass is 16.3. The molecule has 112 valence electrons. The van der Waals surface area contributed by atoms with Gasteiger partial charge in [0.25, 0.3) is 0 Å². The standard InChI is InChI=1S/C19H30O/c1-6-13-7-8-15-18(13,4)11-9-14-17(2,3)16(20)10-12-19(14,15)5/h14-16,20H,1,7-12H2,2-5H3/t14?,15-,16-,18+,19-/m0/s1. The first-order valence-electron chi connectivity index (χ1n) is 8.34.